The Kier molecular flexibility index (Phi) is 4.70. The Hall–Kier alpha value is -1.20. The van der Waals surface area contributed by atoms with Crippen LogP contribution in [0.5, 0.6) is 0 Å². The molecule has 2 nitrogen and oxygen atoms in total. The topological polar surface area (TPSA) is 29.3 Å². The Bertz CT molecular complexity index is 701. The molecule has 0 aliphatic heterocycles. The van der Waals surface area contributed by atoms with Gasteiger partial charge >= 0.3 is 0 Å². The van der Waals surface area contributed by atoms with Crippen LogP contribution in [0.2, 0.25) is 0 Å². The van der Waals surface area contributed by atoms with Crippen molar-refractivity contribution >= 4 is 32.8 Å². The second-order valence-electron chi connectivity index (χ2n) is 5.27. The van der Waals surface area contributed by atoms with Crippen LogP contribution in [-0.2, 0) is 19.5 Å². The lowest BCUT2D eigenvalue weighted by Crippen LogP contribution is -2.21. The van der Waals surface area contributed by atoms with E-state index in [0.29, 0.717) is 6.54 Å². The fraction of sp³-hybridized carbons (Fsp3) is 0.294. The molecule has 0 saturated heterocycles. The van der Waals surface area contributed by atoms with E-state index in [-0.39, 0.29) is 0 Å². The summed E-state index contributed by atoms with van der Waals surface area (Å²) in [6.07, 6.45) is 1.12. The fourth-order valence-electron chi connectivity index (χ4n) is 2.59. The predicted octanol–water partition coefficient (Wildman–Crippen LogP) is 4.10. The van der Waals surface area contributed by atoms with Crippen molar-refractivity contribution in [3.63, 3.8) is 0 Å². The molecular formula is C17H20N2S2. The van der Waals surface area contributed by atoms with Gasteiger partial charge in [-0.25, -0.2) is 0 Å². The van der Waals surface area contributed by atoms with Gasteiger partial charge in [0.25, 0.3) is 0 Å². The van der Waals surface area contributed by atoms with Crippen LogP contribution in [0.1, 0.15) is 15.3 Å². The number of fused-ring (bicyclic) bond motifs is 1. The minimum Gasteiger partial charge on any atom is -0.326 e. The fourth-order valence-corrected chi connectivity index (χ4v) is 4.39. The molecule has 0 spiro atoms. The van der Waals surface area contributed by atoms with E-state index in [4.69, 9.17) is 5.73 Å². The van der Waals surface area contributed by atoms with Gasteiger partial charge in [-0.15, -0.1) is 22.7 Å². The molecule has 0 unspecified atom stereocenters. The number of nitrogens with two attached hydrogens (primary N) is 1. The highest BCUT2D eigenvalue weighted by Gasteiger charge is 2.12. The molecule has 0 aliphatic carbocycles. The molecule has 0 amide bonds. The molecule has 0 atom stereocenters. The second kappa shape index (κ2) is 6.71. The van der Waals surface area contributed by atoms with Crippen molar-refractivity contribution in [1.82, 2.24) is 4.90 Å². The molecule has 1 aromatic carbocycles. The maximum absolute atomic E-state index is 5.93. The Morgan fingerprint density at radius 1 is 1.14 bits per heavy atom. The molecule has 2 aromatic heterocycles. The molecule has 0 bridgehead atoms. The molecular weight excluding hydrogens is 296 g/mol. The van der Waals surface area contributed by atoms with Gasteiger partial charge in [0.15, 0.2) is 0 Å². The van der Waals surface area contributed by atoms with E-state index in [1.807, 2.05) is 22.7 Å². The lowest BCUT2D eigenvalue weighted by atomic mass is 10.1. The van der Waals surface area contributed by atoms with E-state index in [1.54, 1.807) is 0 Å². The quantitative estimate of drug-likeness (QED) is 0.742. The lowest BCUT2D eigenvalue weighted by molar-refractivity contribution is 0.332. The third-order valence-electron chi connectivity index (χ3n) is 3.72. The summed E-state index contributed by atoms with van der Waals surface area (Å²) in [4.78, 5) is 5.17. The molecule has 0 saturated carbocycles. The van der Waals surface area contributed by atoms with E-state index in [9.17, 15) is 0 Å². The molecule has 0 aliphatic rings. The largest absolute Gasteiger partial charge is 0.326 e. The van der Waals surface area contributed by atoms with Crippen LogP contribution in [0.25, 0.3) is 10.1 Å². The zero-order chi connectivity index (χ0) is 14.7. The van der Waals surface area contributed by atoms with Gasteiger partial charge in [-0.2, -0.15) is 0 Å². The Balaban J connectivity index is 1.74. The number of benzene rings is 1. The summed E-state index contributed by atoms with van der Waals surface area (Å²) in [5.74, 6) is 0. The monoisotopic (exact) mass is 316 g/mol. The average Bonchev–Trinajstić information content (AvgIpc) is 3.13. The van der Waals surface area contributed by atoms with Crippen LogP contribution in [0.3, 0.4) is 0 Å². The second-order valence-corrected chi connectivity index (χ2v) is 7.44. The van der Waals surface area contributed by atoms with Crippen molar-refractivity contribution in [3.8, 4) is 0 Å². The molecule has 3 aromatic rings. The van der Waals surface area contributed by atoms with E-state index in [1.165, 1.54) is 25.4 Å². The molecule has 4 heteroatoms. The van der Waals surface area contributed by atoms with Gasteiger partial charge in [-0.3, -0.25) is 0 Å². The third-order valence-corrected chi connectivity index (χ3v) is 5.89. The van der Waals surface area contributed by atoms with Crippen LogP contribution >= 0.6 is 22.7 Å². The average molecular weight is 316 g/mol. The van der Waals surface area contributed by atoms with E-state index in [0.717, 1.165) is 19.5 Å². The van der Waals surface area contributed by atoms with Gasteiger partial charge < -0.3 is 10.6 Å². The zero-order valence-electron chi connectivity index (χ0n) is 12.2. The van der Waals surface area contributed by atoms with Crippen molar-refractivity contribution in [2.45, 2.75) is 19.5 Å². The standard InChI is InChI=1S/C17H20N2S2/c1-19(9-8-13-5-4-10-20-13)12-15-14-6-2-3-7-16(14)21-17(15)11-18/h2-7,10H,8-9,11-12,18H2,1H3. The first-order valence-electron chi connectivity index (χ1n) is 7.18. The van der Waals surface area contributed by atoms with Crippen LogP contribution in [0.4, 0.5) is 0 Å². The molecule has 110 valence electrons. The predicted molar refractivity (Wildman–Crippen MR) is 94.1 cm³/mol. The van der Waals surface area contributed by atoms with E-state index in [2.05, 4.69) is 53.7 Å². The molecule has 3 rings (SSSR count). The minimum absolute atomic E-state index is 0.632. The highest BCUT2D eigenvalue weighted by molar-refractivity contribution is 7.19. The van der Waals surface area contributed by atoms with Crippen molar-refractivity contribution in [2.24, 2.45) is 5.73 Å². The summed E-state index contributed by atoms with van der Waals surface area (Å²) in [7, 11) is 2.19. The first-order valence-corrected chi connectivity index (χ1v) is 8.88. The Morgan fingerprint density at radius 2 is 2.00 bits per heavy atom. The maximum atomic E-state index is 5.93. The third kappa shape index (κ3) is 3.35. The SMILES string of the molecule is CN(CCc1cccs1)Cc1c(CN)sc2ccccc12. The first-order chi connectivity index (χ1) is 10.3. The minimum atomic E-state index is 0.632. The van der Waals surface area contributed by atoms with Gasteiger partial charge in [0.2, 0.25) is 0 Å². The highest BCUT2D eigenvalue weighted by atomic mass is 32.1. The molecule has 0 radical (unpaired) electrons. The molecule has 2 N–H and O–H groups in total. The normalized spacial score (nSPS) is 11.6. The van der Waals surface area contributed by atoms with Gasteiger partial charge in [0.05, 0.1) is 0 Å². The van der Waals surface area contributed by atoms with E-state index >= 15 is 0 Å². The lowest BCUT2D eigenvalue weighted by Gasteiger charge is -2.17. The summed E-state index contributed by atoms with van der Waals surface area (Å²) in [5.41, 5.74) is 7.34. The molecule has 0 fully saturated rings. The number of hydrogen-bond acceptors (Lipinski definition) is 4. The number of hydrogen-bond donors (Lipinski definition) is 1. The van der Waals surface area contributed by atoms with Crippen molar-refractivity contribution in [2.75, 3.05) is 13.6 Å². The van der Waals surface area contributed by atoms with Crippen LogP contribution in [0, 0.1) is 0 Å². The molecule has 2 heterocycles. The highest BCUT2D eigenvalue weighted by Crippen LogP contribution is 2.31. The van der Waals surface area contributed by atoms with Crippen molar-refractivity contribution < 1.29 is 0 Å². The van der Waals surface area contributed by atoms with Gasteiger partial charge in [-0.05, 0) is 41.9 Å². The number of rotatable bonds is 6. The number of thiophene rings is 2. The number of nitrogens with zero attached hydrogens (tertiary/aromatic N) is 1. The molecule has 21 heavy (non-hydrogen) atoms. The Morgan fingerprint density at radius 3 is 2.76 bits per heavy atom. The summed E-state index contributed by atoms with van der Waals surface area (Å²) in [6.45, 7) is 2.68. The maximum Gasteiger partial charge on any atom is 0.0349 e. The van der Waals surface area contributed by atoms with Crippen LogP contribution in [-0.4, -0.2) is 18.5 Å². The summed E-state index contributed by atoms with van der Waals surface area (Å²) in [5, 5.41) is 3.51. The number of likely N-dealkylation sites (N-methyl/N-ethyl adjacent to an activating group) is 1. The van der Waals surface area contributed by atoms with Gasteiger partial charge in [-0.1, -0.05) is 24.3 Å². The first kappa shape index (κ1) is 14.7. The van der Waals surface area contributed by atoms with Crippen molar-refractivity contribution in [1.29, 1.82) is 0 Å². The van der Waals surface area contributed by atoms with E-state index < -0.39 is 0 Å². The van der Waals surface area contributed by atoms with Crippen LogP contribution in [0.15, 0.2) is 41.8 Å². The summed E-state index contributed by atoms with van der Waals surface area (Å²) in [6, 6.07) is 13.0. The summed E-state index contributed by atoms with van der Waals surface area (Å²) >= 11 is 3.67. The van der Waals surface area contributed by atoms with Gasteiger partial charge in [0.1, 0.15) is 0 Å². The smallest absolute Gasteiger partial charge is 0.0349 e. The summed E-state index contributed by atoms with van der Waals surface area (Å²) < 4.78 is 1.35. The Labute approximate surface area is 133 Å². The van der Waals surface area contributed by atoms with Crippen molar-refractivity contribution in [3.05, 3.63) is 57.1 Å². The van der Waals surface area contributed by atoms with Crippen LogP contribution < -0.4 is 5.73 Å². The zero-order valence-corrected chi connectivity index (χ0v) is 13.8. The van der Waals surface area contributed by atoms with Gasteiger partial charge in [0, 0.05) is 34.1 Å².